The quantitative estimate of drug-likeness (QED) is 0.110. The summed E-state index contributed by atoms with van der Waals surface area (Å²) in [7, 11) is 5.22. The summed E-state index contributed by atoms with van der Waals surface area (Å²) in [5.41, 5.74) is 0. The van der Waals surface area contributed by atoms with E-state index in [1.165, 1.54) is 19.3 Å². The van der Waals surface area contributed by atoms with E-state index in [9.17, 15) is 28.8 Å². The number of hydrogen-bond donors (Lipinski definition) is 2. The Morgan fingerprint density at radius 1 is 0.473 bits per heavy atom. The van der Waals surface area contributed by atoms with Crippen molar-refractivity contribution < 1.29 is 39.0 Å². The summed E-state index contributed by atoms with van der Waals surface area (Å²) >= 11 is 0. The van der Waals surface area contributed by atoms with Gasteiger partial charge in [-0.15, -0.1) is 0 Å². The Morgan fingerprint density at radius 3 is 1.04 bits per heavy atom. The van der Waals surface area contributed by atoms with Crippen LogP contribution in [0.5, 0.6) is 0 Å². The monoisotopic (exact) mass is 796 g/mol. The molecule has 0 unspecified atom stereocenters. The van der Waals surface area contributed by atoms with Crippen LogP contribution in [0, 0.1) is 11.8 Å². The van der Waals surface area contributed by atoms with Gasteiger partial charge in [0.15, 0.2) is 0 Å². The number of carbonyl (C=O) groups excluding carboxylic acids is 4. The summed E-state index contributed by atoms with van der Waals surface area (Å²) in [6.45, 7) is 21.7. The Morgan fingerprint density at radius 2 is 0.782 bits per heavy atom. The highest BCUT2D eigenvalue weighted by molar-refractivity contribution is 5.79. The van der Waals surface area contributed by atoms with Crippen LogP contribution in [0.15, 0.2) is 0 Å². The van der Waals surface area contributed by atoms with Gasteiger partial charge in [-0.1, -0.05) is 137 Å². The molecule has 0 aliphatic carbocycles. The number of nitrogens with zero attached hydrogens (tertiary/aromatic N) is 3. The zero-order valence-electron chi connectivity index (χ0n) is 35.3. The van der Waals surface area contributed by atoms with Gasteiger partial charge in [0.25, 0.3) is 0 Å². The molecule has 0 spiro atoms. The van der Waals surface area contributed by atoms with Gasteiger partial charge in [-0.2, -0.15) is 0 Å². The number of carbonyl (C=O) groups is 6. The number of unbranched alkanes of at least 4 members (excludes halogenated alkanes) is 3. The molecule has 0 rings (SSSR count). The Kier molecular flexibility index (Phi) is 70.7. The number of Topliss-reactive ketones (excluding diaryl/α,β-unsaturated/α-hetero) is 1. The van der Waals surface area contributed by atoms with Gasteiger partial charge in [0.2, 0.25) is 17.7 Å². The lowest BCUT2D eigenvalue weighted by Gasteiger charge is -2.20. The second-order valence-electron chi connectivity index (χ2n) is 12.9. The number of aliphatic carboxylic acids is 2. The van der Waals surface area contributed by atoms with Gasteiger partial charge in [0.05, 0.1) is 5.92 Å². The molecule has 11 nitrogen and oxygen atoms in total. The van der Waals surface area contributed by atoms with Crippen LogP contribution in [0.1, 0.15) is 202 Å². The van der Waals surface area contributed by atoms with Gasteiger partial charge < -0.3 is 24.9 Å². The van der Waals surface area contributed by atoms with E-state index in [0.29, 0.717) is 58.2 Å². The van der Waals surface area contributed by atoms with E-state index in [1.54, 1.807) is 42.6 Å². The normalized spacial score (nSPS) is 10.1. The third kappa shape index (κ3) is 53.2. The smallest absolute Gasteiger partial charge is 0.306 e. The Hall–Kier alpha value is -2.98. The second kappa shape index (κ2) is 53.1. The first-order valence-corrected chi connectivity index (χ1v) is 19.6. The fourth-order valence-corrected chi connectivity index (χ4v) is 4.19. The Bertz CT molecular complexity index is 833. The number of rotatable bonds is 22. The van der Waals surface area contributed by atoms with Crippen LogP contribution in [0.2, 0.25) is 0 Å². The first-order chi connectivity index (χ1) is 23.9. The number of ketones is 1. The van der Waals surface area contributed by atoms with Crippen molar-refractivity contribution in [3.63, 3.8) is 0 Å². The van der Waals surface area contributed by atoms with Crippen molar-refractivity contribution in [2.75, 3.05) is 40.8 Å². The van der Waals surface area contributed by atoms with E-state index in [-0.39, 0.29) is 71.5 Å². The third-order valence-electron chi connectivity index (χ3n) is 7.93. The first-order valence-electron chi connectivity index (χ1n) is 19.6. The summed E-state index contributed by atoms with van der Waals surface area (Å²) in [5.74, 6) is -1.21. The highest BCUT2D eigenvalue weighted by atomic mass is 16.4. The average Bonchev–Trinajstić information content (AvgIpc) is 3.10. The fraction of sp³-hybridized carbons (Fsp3) is 0.864. The zero-order valence-corrected chi connectivity index (χ0v) is 35.3. The van der Waals surface area contributed by atoms with E-state index in [2.05, 4.69) is 34.6 Å². The average molecular weight is 796 g/mol. The molecule has 2 atom stereocenters. The van der Waals surface area contributed by atoms with Crippen LogP contribution in [-0.2, 0) is 28.8 Å². The van der Waals surface area contributed by atoms with Gasteiger partial charge in [-0.25, -0.2) is 0 Å². The van der Waals surface area contributed by atoms with Gasteiger partial charge in [0.1, 0.15) is 5.78 Å². The number of carboxylic acid groups (broad SMARTS) is 2. The fourth-order valence-electron chi connectivity index (χ4n) is 4.19. The molecule has 11 heteroatoms. The maximum atomic E-state index is 11.4. The molecule has 0 saturated heterocycles. The summed E-state index contributed by atoms with van der Waals surface area (Å²) in [6, 6.07) is 0. The van der Waals surface area contributed by atoms with Crippen molar-refractivity contribution in [3.05, 3.63) is 0 Å². The van der Waals surface area contributed by atoms with Crippen molar-refractivity contribution in [3.8, 4) is 0 Å². The van der Waals surface area contributed by atoms with Crippen molar-refractivity contribution in [1.29, 1.82) is 0 Å². The van der Waals surface area contributed by atoms with Crippen molar-refractivity contribution in [1.82, 2.24) is 14.7 Å². The molecule has 0 radical (unpaired) electrons. The molecule has 0 saturated carbocycles. The minimum absolute atomic E-state index is 0. The molecule has 0 fully saturated rings. The molecule has 0 aliphatic rings. The van der Waals surface area contributed by atoms with Crippen LogP contribution in [-0.4, -0.2) is 101 Å². The van der Waals surface area contributed by atoms with Crippen LogP contribution in [0.3, 0.4) is 0 Å². The van der Waals surface area contributed by atoms with E-state index in [0.717, 1.165) is 38.5 Å². The molecule has 0 aromatic rings. The molecule has 0 bridgehead atoms. The van der Waals surface area contributed by atoms with Crippen LogP contribution in [0.4, 0.5) is 0 Å². The summed E-state index contributed by atoms with van der Waals surface area (Å²) in [5, 5.41) is 17.3. The van der Waals surface area contributed by atoms with Gasteiger partial charge >= 0.3 is 11.9 Å². The number of amides is 3. The second-order valence-corrected chi connectivity index (χ2v) is 12.9. The van der Waals surface area contributed by atoms with Crippen LogP contribution in [0.25, 0.3) is 0 Å². The third-order valence-corrected chi connectivity index (χ3v) is 7.93. The maximum Gasteiger partial charge on any atom is 0.306 e. The lowest BCUT2D eigenvalue weighted by atomic mass is 9.94. The Balaban J connectivity index is -0.0000000738. The van der Waals surface area contributed by atoms with E-state index in [1.807, 2.05) is 27.8 Å². The molecule has 0 aromatic heterocycles. The van der Waals surface area contributed by atoms with E-state index >= 15 is 0 Å². The maximum absolute atomic E-state index is 11.4. The molecular weight excluding hydrogens is 698 g/mol. The number of hydrogen-bond acceptors (Lipinski definition) is 6. The molecule has 3 amide bonds. The van der Waals surface area contributed by atoms with Crippen molar-refractivity contribution >= 4 is 35.4 Å². The molecule has 336 valence electrons. The molecule has 55 heavy (non-hydrogen) atoms. The van der Waals surface area contributed by atoms with Gasteiger partial charge in [0, 0.05) is 72.4 Å². The van der Waals surface area contributed by atoms with E-state index in [4.69, 9.17) is 10.2 Å². The lowest BCUT2D eigenvalue weighted by molar-refractivity contribution is -0.143. The van der Waals surface area contributed by atoms with Gasteiger partial charge in [-0.05, 0) is 39.0 Å². The van der Waals surface area contributed by atoms with Gasteiger partial charge in [-0.3, -0.25) is 28.8 Å². The highest BCUT2D eigenvalue weighted by Crippen LogP contribution is 2.15. The lowest BCUT2D eigenvalue weighted by Crippen LogP contribution is -2.29. The summed E-state index contributed by atoms with van der Waals surface area (Å²) in [6.07, 6.45) is 13.2. The summed E-state index contributed by atoms with van der Waals surface area (Å²) < 4.78 is 0. The molecular formula is C44H97N3O8. The molecule has 0 heterocycles. The standard InChI is InChI=1S/C13H25NO2.C12H23NO3.C8H15NO3.C4H10.C3H8.4CH4/c1-5-7-8-12(11(3)15)9-10-14(4)13(16)6-2;1-4-6-7-10(12(15)16)8-9-13(3)11(14)5-2;1-3-7(10)9(2)6-4-5-8(11)12;1-3-4-2;1-3-2;;;;/h12H,5-10H2,1-4H3;10H,4-9H2,1-3H3,(H,15,16);3-6H2,1-2H3,(H,11,12);3-4H2,1-2H3;3H2,1-2H3;4*1H4/t12-;10-;;;;;;;/m11......./s1. The topological polar surface area (TPSA) is 153 Å². The van der Waals surface area contributed by atoms with E-state index < -0.39 is 11.9 Å². The molecule has 2 N–H and O–H groups in total. The SMILES string of the molecule is C.C.C.C.CCC.CCC(=O)N(C)CCCC(=O)O.CCCC.CCCC[C@H](CCN(C)C(=O)CC)C(=O)O.CCCC[C@H](CCN(C)C(=O)CC)C(C)=O. The van der Waals surface area contributed by atoms with Crippen molar-refractivity contribution in [2.45, 2.75) is 202 Å². The van der Waals surface area contributed by atoms with Crippen LogP contribution < -0.4 is 0 Å². The Labute approximate surface area is 342 Å². The minimum atomic E-state index is -0.813. The van der Waals surface area contributed by atoms with Crippen LogP contribution >= 0.6 is 0 Å². The highest BCUT2D eigenvalue weighted by Gasteiger charge is 2.18. The first kappa shape index (κ1) is 73.2. The number of carboxylic acids is 2. The predicted molar refractivity (Wildman–Crippen MR) is 238 cm³/mol. The molecule has 0 aliphatic heterocycles. The zero-order chi connectivity index (χ0) is 40.8. The van der Waals surface area contributed by atoms with Crippen molar-refractivity contribution in [2.24, 2.45) is 11.8 Å². The predicted octanol–water partition coefficient (Wildman–Crippen LogP) is 11.3. The largest absolute Gasteiger partial charge is 0.481 e. The molecule has 0 aromatic carbocycles. The minimum Gasteiger partial charge on any atom is -0.481 e. The summed E-state index contributed by atoms with van der Waals surface area (Å²) in [4.78, 5) is 71.0.